The molecule has 7 nitrogen and oxygen atoms in total. The molecule has 7 heteroatoms. The van der Waals surface area contributed by atoms with Gasteiger partial charge in [-0.15, -0.1) is 0 Å². The first kappa shape index (κ1) is 18.7. The Bertz CT molecular complexity index is 828. The van der Waals surface area contributed by atoms with Gasteiger partial charge >= 0.3 is 0 Å². The lowest BCUT2D eigenvalue weighted by molar-refractivity contribution is -0.383. The summed E-state index contributed by atoms with van der Waals surface area (Å²) >= 11 is 0. The van der Waals surface area contributed by atoms with Crippen LogP contribution in [0, 0.1) is 10.1 Å². The van der Waals surface area contributed by atoms with Crippen LogP contribution in [0.3, 0.4) is 0 Å². The van der Waals surface area contributed by atoms with E-state index in [4.69, 9.17) is 0 Å². The largest absolute Gasteiger partial charge is 0.383 e. The Morgan fingerprint density at radius 1 is 1.11 bits per heavy atom. The summed E-state index contributed by atoms with van der Waals surface area (Å²) in [5.74, 6) is 0.0527. The van der Waals surface area contributed by atoms with Gasteiger partial charge in [0, 0.05) is 50.5 Å². The van der Waals surface area contributed by atoms with E-state index in [1.807, 2.05) is 29.2 Å². The summed E-state index contributed by atoms with van der Waals surface area (Å²) in [6.07, 6.45) is 0.955. The Morgan fingerprint density at radius 3 is 2.33 bits per heavy atom. The Labute approximate surface area is 158 Å². The second kappa shape index (κ2) is 8.07. The van der Waals surface area contributed by atoms with Gasteiger partial charge in [0.15, 0.2) is 0 Å². The molecule has 3 rings (SSSR count). The van der Waals surface area contributed by atoms with Gasteiger partial charge in [0.1, 0.15) is 5.69 Å². The molecule has 0 aromatic heterocycles. The van der Waals surface area contributed by atoms with Crippen molar-refractivity contribution in [3.8, 4) is 0 Å². The van der Waals surface area contributed by atoms with Crippen LogP contribution >= 0.6 is 0 Å². The van der Waals surface area contributed by atoms with Crippen LogP contribution in [0.15, 0.2) is 42.5 Å². The highest BCUT2D eigenvalue weighted by Crippen LogP contribution is 2.29. The molecule has 0 atom stereocenters. The number of nitro groups is 1. The minimum absolute atomic E-state index is 0.0527. The van der Waals surface area contributed by atoms with Crippen molar-refractivity contribution in [3.63, 3.8) is 0 Å². The molecule has 2 aromatic carbocycles. The third-order valence-electron chi connectivity index (χ3n) is 4.99. The summed E-state index contributed by atoms with van der Waals surface area (Å²) in [5, 5.41) is 14.0. The van der Waals surface area contributed by atoms with E-state index in [1.165, 1.54) is 11.6 Å². The number of piperazine rings is 1. The van der Waals surface area contributed by atoms with Crippen LogP contribution in [-0.2, 0) is 6.42 Å². The van der Waals surface area contributed by atoms with Gasteiger partial charge < -0.3 is 15.1 Å². The third-order valence-corrected chi connectivity index (χ3v) is 4.99. The number of carbonyl (C=O) groups is 1. The van der Waals surface area contributed by atoms with Crippen molar-refractivity contribution in [2.24, 2.45) is 0 Å². The van der Waals surface area contributed by atoms with Gasteiger partial charge in [-0.25, -0.2) is 0 Å². The molecule has 2 aromatic rings. The number of anilines is 2. The van der Waals surface area contributed by atoms with Crippen LogP contribution in [0.1, 0.15) is 22.8 Å². The fourth-order valence-corrected chi connectivity index (χ4v) is 3.31. The number of carbonyl (C=O) groups excluding carboxylic acids is 1. The highest BCUT2D eigenvalue weighted by molar-refractivity contribution is 5.94. The number of nitro benzene ring substituents is 1. The van der Waals surface area contributed by atoms with E-state index in [2.05, 4.69) is 17.1 Å². The zero-order valence-corrected chi connectivity index (χ0v) is 15.6. The zero-order valence-electron chi connectivity index (χ0n) is 15.6. The van der Waals surface area contributed by atoms with Crippen molar-refractivity contribution in [2.75, 3.05) is 43.4 Å². The number of nitrogens with zero attached hydrogens (tertiary/aromatic N) is 3. The summed E-state index contributed by atoms with van der Waals surface area (Å²) in [6.45, 7) is 4.73. The van der Waals surface area contributed by atoms with Crippen LogP contribution < -0.4 is 10.2 Å². The highest BCUT2D eigenvalue weighted by atomic mass is 16.6. The van der Waals surface area contributed by atoms with Crippen molar-refractivity contribution in [1.29, 1.82) is 0 Å². The molecule has 0 spiro atoms. The van der Waals surface area contributed by atoms with Crippen LogP contribution in [0.2, 0.25) is 0 Å². The summed E-state index contributed by atoms with van der Waals surface area (Å²) in [5.41, 5.74) is 3.41. The second-order valence-electron chi connectivity index (χ2n) is 6.54. The molecule has 1 saturated heterocycles. The van der Waals surface area contributed by atoms with E-state index in [1.54, 1.807) is 19.2 Å². The van der Waals surface area contributed by atoms with Gasteiger partial charge in [-0.2, -0.15) is 0 Å². The molecular weight excluding hydrogens is 344 g/mol. The smallest absolute Gasteiger partial charge is 0.292 e. The summed E-state index contributed by atoms with van der Waals surface area (Å²) in [6, 6.07) is 12.9. The number of benzene rings is 2. The van der Waals surface area contributed by atoms with E-state index >= 15 is 0 Å². The quantitative estimate of drug-likeness (QED) is 0.648. The van der Waals surface area contributed by atoms with Crippen LogP contribution in [-0.4, -0.2) is 49.0 Å². The molecule has 0 radical (unpaired) electrons. The van der Waals surface area contributed by atoms with Crippen molar-refractivity contribution in [1.82, 2.24) is 4.90 Å². The van der Waals surface area contributed by atoms with Gasteiger partial charge in [0.25, 0.3) is 11.6 Å². The molecule has 1 fully saturated rings. The maximum atomic E-state index is 12.7. The van der Waals surface area contributed by atoms with E-state index in [0.717, 1.165) is 12.1 Å². The predicted octanol–water partition coefficient (Wildman–Crippen LogP) is 3.16. The summed E-state index contributed by atoms with van der Waals surface area (Å²) in [7, 11) is 1.67. The van der Waals surface area contributed by atoms with E-state index in [9.17, 15) is 14.9 Å². The van der Waals surface area contributed by atoms with Gasteiger partial charge in [-0.05, 0) is 36.2 Å². The predicted molar refractivity (Wildman–Crippen MR) is 107 cm³/mol. The lowest BCUT2D eigenvalue weighted by Crippen LogP contribution is -2.48. The molecule has 142 valence electrons. The molecule has 1 amide bonds. The standard InChI is InChI=1S/C20H24N4O3/c1-3-15-4-6-16(7-5-15)20(25)23-12-10-22(11-13-23)17-8-9-19(24(26)27)18(14-17)21-2/h4-9,14,21H,3,10-13H2,1-2H3. The molecule has 27 heavy (non-hydrogen) atoms. The number of hydrogen-bond acceptors (Lipinski definition) is 5. The monoisotopic (exact) mass is 368 g/mol. The fourth-order valence-electron chi connectivity index (χ4n) is 3.31. The van der Waals surface area contributed by atoms with Crippen LogP contribution in [0.5, 0.6) is 0 Å². The molecule has 1 aliphatic heterocycles. The lowest BCUT2D eigenvalue weighted by atomic mass is 10.1. The minimum Gasteiger partial charge on any atom is -0.383 e. The van der Waals surface area contributed by atoms with Gasteiger partial charge in [-0.3, -0.25) is 14.9 Å². The maximum absolute atomic E-state index is 12.7. The van der Waals surface area contributed by atoms with Crippen LogP contribution in [0.25, 0.3) is 0 Å². The number of nitrogens with one attached hydrogen (secondary N) is 1. The van der Waals surface area contributed by atoms with Crippen molar-refractivity contribution in [3.05, 3.63) is 63.7 Å². The van der Waals surface area contributed by atoms with E-state index in [-0.39, 0.29) is 11.6 Å². The Balaban J connectivity index is 1.66. The van der Waals surface area contributed by atoms with Crippen molar-refractivity contribution in [2.45, 2.75) is 13.3 Å². The Hall–Kier alpha value is -3.09. The third kappa shape index (κ3) is 4.02. The number of hydrogen-bond donors (Lipinski definition) is 1. The summed E-state index contributed by atoms with van der Waals surface area (Å²) < 4.78 is 0. The Morgan fingerprint density at radius 2 is 1.78 bits per heavy atom. The second-order valence-corrected chi connectivity index (χ2v) is 6.54. The molecule has 0 saturated carbocycles. The first-order valence-electron chi connectivity index (χ1n) is 9.13. The maximum Gasteiger partial charge on any atom is 0.292 e. The molecule has 0 bridgehead atoms. The van der Waals surface area contributed by atoms with Crippen molar-refractivity contribution >= 4 is 23.0 Å². The number of aryl methyl sites for hydroxylation is 1. The SMILES string of the molecule is CCc1ccc(C(=O)N2CCN(c3ccc([N+](=O)[O-])c(NC)c3)CC2)cc1. The molecule has 0 unspecified atom stereocenters. The fraction of sp³-hybridized carbons (Fsp3) is 0.350. The summed E-state index contributed by atoms with van der Waals surface area (Å²) in [4.78, 5) is 27.4. The zero-order chi connectivity index (χ0) is 19.4. The van der Waals surface area contributed by atoms with Gasteiger partial charge in [0.2, 0.25) is 0 Å². The van der Waals surface area contributed by atoms with E-state index < -0.39 is 4.92 Å². The highest BCUT2D eigenvalue weighted by Gasteiger charge is 2.23. The van der Waals surface area contributed by atoms with Gasteiger partial charge in [-0.1, -0.05) is 19.1 Å². The Kier molecular flexibility index (Phi) is 5.59. The minimum atomic E-state index is -0.393. The molecule has 1 aliphatic rings. The first-order chi connectivity index (χ1) is 13.0. The molecule has 0 aliphatic carbocycles. The number of rotatable bonds is 5. The lowest BCUT2D eigenvalue weighted by Gasteiger charge is -2.36. The normalized spacial score (nSPS) is 14.1. The average Bonchev–Trinajstić information content (AvgIpc) is 2.72. The first-order valence-corrected chi connectivity index (χ1v) is 9.13. The number of amides is 1. The van der Waals surface area contributed by atoms with Gasteiger partial charge in [0.05, 0.1) is 4.92 Å². The van der Waals surface area contributed by atoms with E-state index in [0.29, 0.717) is 37.4 Å². The molecular formula is C20H24N4O3. The molecule has 1 heterocycles. The van der Waals surface area contributed by atoms with Crippen molar-refractivity contribution < 1.29 is 9.72 Å². The topological polar surface area (TPSA) is 78.7 Å². The molecule has 1 N–H and O–H groups in total. The van der Waals surface area contributed by atoms with Crippen LogP contribution in [0.4, 0.5) is 17.1 Å². The average molecular weight is 368 g/mol.